The Hall–Kier alpha value is -2.54. The van der Waals surface area contributed by atoms with E-state index in [1.807, 2.05) is 37.1 Å². The third-order valence-electron chi connectivity index (χ3n) is 4.58. The lowest BCUT2D eigenvalue weighted by molar-refractivity contribution is -0.121. The van der Waals surface area contributed by atoms with Gasteiger partial charge in [-0.15, -0.1) is 0 Å². The van der Waals surface area contributed by atoms with Crippen LogP contribution in [-0.2, 0) is 4.79 Å². The van der Waals surface area contributed by atoms with Crippen molar-refractivity contribution in [3.05, 3.63) is 42.5 Å². The van der Waals surface area contributed by atoms with Crippen molar-refractivity contribution in [2.24, 2.45) is 5.92 Å². The van der Waals surface area contributed by atoms with Gasteiger partial charge in [-0.2, -0.15) is 5.26 Å². The third-order valence-corrected chi connectivity index (χ3v) is 4.58. The minimum absolute atomic E-state index is 0.114. The second-order valence-corrected chi connectivity index (χ2v) is 6.52. The molecule has 1 amide bonds. The average Bonchev–Trinajstić information content (AvgIpc) is 3.39. The molecular weight excluding hydrogens is 286 g/mol. The SMILES string of the molecule is CN(CC(=O)NC(C)(C#N)C1CC1)c1ccc2ccccc2c1. The molecule has 0 spiro atoms. The summed E-state index contributed by atoms with van der Waals surface area (Å²) in [6.07, 6.45) is 2.04. The highest BCUT2D eigenvalue weighted by Crippen LogP contribution is 2.39. The first-order valence-corrected chi connectivity index (χ1v) is 7.94. The van der Waals surface area contributed by atoms with Gasteiger partial charge in [0.15, 0.2) is 0 Å². The number of amides is 1. The Morgan fingerprint density at radius 3 is 2.65 bits per heavy atom. The highest BCUT2D eigenvalue weighted by molar-refractivity contribution is 5.87. The van der Waals surface area contributed by atoms with Gasteiger partial charge in [-0.25, -0.2) is 0 Å². The molecule has 23 heavy (non-hydrogen) atoms. The molecule has 0 aromatic heterocycles. The molecule has 0 aliphatic heterocycles. The molecule has 0 saturated heterocycles. The molecular formula is C19H21N3O. The predicted molar refractivity (Wildman–Crippen MR) is 92.1 cm³/mol. The van der Waals surface area contributed by atoms with Gasteiger partial charge in [0.1, 0.15) is 5.54 Å². The molecule has 1 aliphatic rings. The van der Waals surface area contributed by atoms with Gasteiger partial charge in [0.2, 0.25) is 5.91 Å². The van der Waals surface area contributed by atoms with Crippen molar-refractivity contribution in [3.8, 4) is 6.07 Å². The van der Waals surface area contributed by atoms with Crippen molar-refractivity contribution in [1.29, 1.82) is 5.26 Å². The quantitative estimate of drug-likeness (QED) is 0.923. The molecule has 0 radical (unpaired) electrons. The van der Waals surface area contributed by atoms with Crippen LogP contribution < -0.4 is 10.2 Å². The van der Waals surface area contributed by atoms with Gasteiger partial charge in [-0.05, 0) is 48.6 Å². The molecule has 1 unspecified atom stereocenters. The molecule has 0 heterocycles. The van der Waals surface area contributed by atoms with Crippen LogP contribution in [0.3, 0.4) is 0 Å². The number of nitrogens with one attached hydrogen (secondary N) is 1. The number of likely N-dealkylation sites (N-methyl/N-ethyl adjacent to an activating group) is 1. The van der Waals surface area contributed by atoms with Gasteiger partial charge >= 0.3 is 0 Å². The second-order valence-electron chi connectivity index (χ2n) is 6.52. The van der Waals surface area contributed by atoms with Crippen molar-refractivity contribution in [1.82, 2.24) is 5.32 Å². The Morgan fingerprint density at radius 2 is 2.00 bits per heavy atom. The molecule has 1 saturated carbocycles. The van der Waals surface area contributed by atoms with Crippen LogP contribution in [0, 0.1) is 17.2 Å². The molecule has 2 aromatic rings. The smallest absolute Gasteiger partial charge is 0.240 e. The van der Waals surface area contributed by atoms with E-state index in [0.29, 0.717) is 5.92 Å². The fourth-order valence-electron chi connectivity index (χ4n) is 2.93. The zero-order valence-electron chi connectivity index (χ0n) is 13.5. The summed E-state index contributed by atoms with van der Waals surface area (Å²) < 4.78 is 0. The average molecular weight is 307 g/mol. The summed E-state index contributed by atoms with van der Waals surface area (Å²) >= 11 is 0. The number of carbonyl (C=O) groups is 1. The van der Waals surface area contributed by atoms with Gasteiger partial charge in [-0.1, -0.05) is 30.3 Å². The zero-order valence-corrected chi connectivity index (χ0v) is 13.5. The first-order valence-electron chi connectivity index (χ1n) is 7.94. The number of hydrogen-bond acceptors (Lipinski definition) is 3. The van der Waals surface area contributed by atoms with E-state index in [2.05, 4.69) is 35.7 Å². The zero-order chi connectivity index (χ0) is 16.4. The largest absolute Gasteiger partial charge is 0.365 e. The van der Waals surface area contributed by atoms with E-state index in [0.717, 1.165) is 23.9 Å². The first kappa shape index (κ1) is 15.4. The van der Waals surface area contributed by atoms with Gasteiger partial charge in [0.25, 0.3) is 0 Å². The Kier molecular flexibility index (Phi) is 3.96. The summed E-state index contributed by atoms with van der Waals surface area (Å²) in [6, 6.07) is 16.6. The van der Waals surface area contributed by atoms with Crippen LogP contribution in [-0.4, -0.2) is 25.0 Å². The summed E-state index contributed by atoms with van der Waals surface area (Å²) in [5.41, 5.74) is 0.255. The molecule has 3 rings (SSSR count). The maximum atomic E-state index is 12.3. The number of rotatable bonds is 5. The van der Waals surface area contributed by atoms with E-state index in [1.54, 1.807) is 0 Å². The standard InChI is InChI=1S/C19H21N3O/c1-19(13-20,16-8-9-16)21-18(23)12-22(2)17-10-7-14-5-3-4-6-15(14)11-17/h3-7,10-11,16H,8-9,12H2,1-2H3,(H,21,23). The van der Waals surface area contributed by atoms with Gasteiger partial charge in [0.05, 0.1) is 12.6 Å². The van der Waals surface area contributed by atoms with Crippen LogP contribution in [0.15, 0.2) is 42.5 Å². The Morgan fingerprint density at radius 1 is 1.30 bits per heavy atom. The van der Waals surface area contributed by atoms with Crippen LogP contribution in [0.2, 0.25) is 0 Å². The van der Waals surface area contributed by atoms with Gasteiger partial charge in [-0.3, -0.25) is 4.79 Å². The lowest BCUT2D eigenvalue weighted by atomic mass is 9.98. The highest BCUT2D eigenvalue weighted by atomic mass is 16.2. The second kappa shape index (κ2) is 5.92. The van der Waals surface area contributed by atoms with Crippen LogP contribution in [0.4, 0.5) is 5.69 Å². The number of carbonyl (C=O) groups excluding carboxylic acids is 1. The molecule has 4 nitrogen and oxygen atoms in total. The Balaban J connectivity index is 1.69. The minimum atomic E-state index is -0.735. The highest BCUT2D eigenvalue weighted by Gasteiger charge is 2.43. The van der Waals surface area contributed by atoms with Gasteiger partial charge in [0, 0.05) is 12.7 Å². The topological polar surface area (TPSA) is 56.1 Å². The molecule has 1 N–H and O–H groups in total. The van der Waals surface area contributed by atoms with Crippen LogP contribution in [0.25, 0.3) is 10.8 Å². The lowest BCUT2D eigenvalue weighted by Gasteiger charge is -2.25. The van der Waals surface area contributed by atoms with Crippen molar-refractivity contribution in [2.45, 2.75) is 25.3 Å². The Bertz CT molecular complexity index is 776. The summed E-state index contributed by atoms with van der Waals surface area (Å²) in [5, 5.41) is 14.6. The summed E-state index contributed by atoms with van der Waals surface area (Å²) in [7, 11) is 1.89. The maximum absolute atomic E-state index is 12.3. The van der Waals surface area contributed by atoms with Crippen molar-refractivity contribution in [3.63, 3.8) is 0 Å². The summed E-state index contributed by atoms with van der Waals surface area (Å²) in [5.74, 6) is 0.180. The van der Waals surface area contributed by atoms with E-state index >= 15 is 0 Å². The molecule has 1 aliphatic carbocycles. The Labute approximate surface area is 136 Å². The number of fused-ring (bicyclic) bond motifs is 1. The van der Waals surface area contributed by atoms with Crippen molar-refractivity contribution in [2.75, 3.05) is 18.5 Å². The van der Waals surface area contributed by atoms with Crippen LogP contribution >= 0.6 is 0 Å². The summed E-state index contributed by atoms with van der Waals surface area (Å²) in [6.45, 7) is 2.06. The van der Waals surface area contributed by atoms with Crippen molar-refractivity contribution >= 4 is 22.4 Å². The fraction of sp³-hybridized carbons (Fsp3) is 0.368. The molecule has 118 valence electrons. The van der Waals surface area contributed by atoms with E-state index < -0.39 is 5.54 Å². The molecule has 1 atom stereocenters. The van der Waals surface area contributed by atoms with E-state index in [-0.39, 0.29) is 12.5 Å². The number of nitriles is 1. The molecule has 1 fully saturated rings. The van der Waals surface area contributed by atoms with E-state index in [1.165, 1.54) is 5.39 Å². The normalized spacial score (nSPS) is 16.4. The number of benzene rings is 2. The van der Waals surface area contributed by atoms with Crippen LogP contribution in [0.1, 0.15) is 19.8 Å². The number of nitrogens with zero attached hydrogens (tertiary/aromatic N) is 2. The van der Waals surface area contributed by atoms with E-state index in [9.17, 15) is 10.1 Å². The van der Waals surface area contributed by atoms with Crippen molar-refractivity contribution < 1.29 is 4.79 Å². The molecule has 2 aromatic carbocycles. The lowest BCUT2D eigenvalue weighted by Crippen LogP contribution is -2.49. The van der Waals surface area contributed by atoms with E-state index in [4.69, 9.17) is 0 Å². The summed E-state index contributed by atoms with van der Waals surface area (Å²) in [4.78, 5) is 14.2. The number of hydrogen-bond donors (Lipinski definition) is 1. The molecule has 0 bridgehead atoms. The maximum Gasteiger partial charge on any atom is 0.240 e. The minimum Gasteiger partial charge on any atom is -0.365 e. The third kappa shape index (κ3) is 3.29. The fourth-order valence-corrected chi connectivity index (χ4v) is 2.93. The first-order chi connectivity index (χ1) is 11.0. The molecule has 4 heteroatoms. The van der Waals surface area contributed by atoms with Gasteiger partial charge < -0.3 is 10.2 Å². The monoisotopic (exact) mass is 307 g/mol. The van der Waals surface area contributed by atoms with Crippen LogP contribution in [0.5, 0.6) is 0 Å². The number of anilines is 1. The predicted octanol–water partition coefficient (Wildman–Crippen LogP) is 3.08.